The standard InChI is InChI=1S/C19H16N2O4/c22-17-9-13-7-14(6-11-2-1-5-21(17)18(11)13)20-19(23)12-3-4-15-16(8-12)25-10-24-15/h3-4,6-8H,1-2,5,9-10H2,(H,20,23). The lowest BCUT2D eigenvalue weighted by atomic mass is 9.99. The summed E-state index contributed by atoms with van der Waals surface area (Å²) in [5.41, 5.74) is 4.43. The summed E-state index contributed by atoms with van der Waals surface area (Å²) in [6, 6.07) is 9.02. The van der Waals surface area contributed by atoms with Gasteiger partial charge in [-0.2, -0.15) is 0 Å². The number of anilines is 2. The Morgan fingerprint density at radius 2 is 1.92 bits per heavy atom. The molecule has 0 aliphatic carbocycles. The van der Waals surface area contributed by atoms with Crippen LogP contribution in [0, 0.1) is 0 Å². The van der Waals surface area contributed by atoms with Crippen molar-refractivity contribution in [2.24, 2.45) is 0 Å². The van der Waals surface area contributed by atoms with E-state index in [4.69, 9.17) is 9.47 Å². The molecule has 3 aliphatic rings. The average Bonchev–Trinajstić information content (AvgIpc) is 3.20. The van der Waals surface area contributed by atoms with Crippen molar-refractivity contribution in [3.8, 4) is 11.5 Å². The number of hydrogen-bond donors (Lipinski definition) is 1. The number of fused-ring (bicyclic) bond motifs is 1. The third kappa shape index (κ3) is 2.25. The average molecular weight is 336 g/mol. The summed E-state index contributed by atoms with van der Waals surface area (Å²) in [7, 11) is 0. The highest BCUT2D eigenvalue weighted by Crippen LogP contribution is 2.39. The first-order valence-electron chi connectivity index (χ1n) is 8.36. The maximum atomic E-state index is 12.6. The normalized spacial score (nSPS) is 16.8. The Hall–Kier alpha value is -3.02. The minimum Gasteiger partial charge on any atom is -0.454 e. The zero-order valence-corrected chi connectivity index (χ0v) is 13.5. The molecule has 5 rings (SSSR count). The van der Waals surface area contributed by atoms with Gasteiger partial charge in [0.2, 0.25) is 12.7 Å². The molecule has 0 unspecified atom stereocenters. The zero-order chi connectivity index (χ0) is 17.0. The molecule has 0 saturated carbocycles. The Bertz CT molecular complexity index is 922. The second-order valence-electron chi connectivity index (χ2n) is 6.49. The van der Waals surface area contributed by atoms with E-state index in [0.29, 0.717) is 23.5 Å². The second kappa shape index (κ2) is 5.24. The number of ether oxygens (including phenoxy) is 2. The van der Waals surface area contributed by atoms with Crippen LogP contribution in [0.1, 0.15) is 27.9 Å². The molecule has 2 aromatic rings. The van der Waals surface area contributed by atoms with Crippen LogP contribution in [0.4, 0.5) is 11.4 Å². The van der Waals surface area contributed by atoms with Crippen LogP contribution in [0.15, 0.2) is 30.3 Å². The molecule has 0 fully saturated rings. The molecule has 0 spiro atoms. The molecule has 0 saturated heterocycles. The molecule has 2 aromatic carbocycles. The number of aryl methyl sites for hydroxylation is 1. The first kappa shape index (κ1) is 14.3. The number of carbonyl (C=O) groups is 2. The molecule has 2 amide bonds. The van der Waals surface area contributed by atoms with Crippen LogP contribution in [-0.2, 0) is 17.6 Å². The third-order valence-electron chi connectivity index (χ3n) is 4.90. The quantitative estimate of drug-likeness (QED) is 0.915. The topological polar surface area (TPSA) is 67.9 Å². The minimum absolute atomic E-state index is 0.148. The van der Waals surface area contributed by atoms with Crippen LogP contribution in [0.25, 0.3) is 0 Å². The maximum Gasteiger partial charge on any atom is 0.255 e. The smallest absolute Gasteiger partial charge is 0.255 e. The molecule has 0 aromatic heterocycles. The Labute approximate surface area is 144 Å². The molecule has 6 heteroatoms. The second-order valence-corrected chi connectivity index (χ2v) is 6.49. The number of hydrogen-bond acceptors (Lipinski definition) is 4. The number of amides is 2. The van der Waals surface area contributed by atoms with Gasteiger partial charge in [-0.05, 0) is 54.3 Å². The highest BCUT2D eigenvalue weighted by molar-refractivity contribution is 6.07. The van der Waals surface area contributed by atoms with Gasteiger partial charge in [0.05, 0.1) is 12.1 Å². The number of nitrogens with one attached hydrogen (secondary N) is 1. The first-order chi connectivity index (χ1) is 12.2. The molecule has 3 heterocycles. The van der Waals surface area contributed by atoms with E-state index >= 15 is 0 Å². The number of nitrogens with zero attached hydrogens (tertiary/aromatic N) is 1. The Morgan fingerprint density at radius 1 is 1.08 bits per heavy atom. The van der Waals surface area contributed by atoms with Gasteiger partial charge in [0, 0.05) is 17.8 Å². The Kier molecular flexibility index (Phi) is 3.00. The molecule has 0 atom stereocenters. The lowest BCUT2D eigenvalue weighted by Gasteiger charge is -2.26. The van der Waals surface area contributed by atoms with Gasteiger partial charge < -0.3 is 19.7 Å². The highest BCUT2D eigenvalue weighted by Gasteiger charge is 2.32. The van der Waals surface area contributed by atoms with Crippen LogP contribution in [0.5, 0.6) is 11.5 Å². The number of carbonyl (C=O) groups excluding carboxylic acids is 2. The molecular formula is C19H16N2O4. The van der Waals surface area contributed by atoms with E-state index < -0.39 is 0 Å². The molecule has 6 nitrogen and oxygen atoms in total. The van der Waals surface area contributed by atoms with Crippen LogP contribution in [-0.4, -0.2) is 25.2 Å². The summed E-state index contributed by atoms with van der Waals surface area (Å²) in [5.74, 6) is 1.17. The van der Waals surface area contributed by atoms with E-state index in [9.17, 15) is 9.59 Å². The van der Waals surface area contributed by atoms with Crippen molar-refractivity contribution in [3.05, 3.63) is 47.0 Å². The van der Waals surface area contributed by atoms with Gasteiger partial charge in [0.1, 0.15) is 0 Å². The van der Waals surface area contributed by atoms with E-state index in [0.717, 1.165) is 41.9 Å². The van der Waals surface area contributed by atoms with E-state index in [1.54, 1.807) is 18.2 Å². The van der Waals surface area contributed by atoms with E-state index in [2.05, 4.69) is 5.32 Å². The van der Waals surface area contributed by atoms with Gasteiger partial charge in [-0.25, -0.2) is 0 Å². The molecule has 0 radical (unpaired) electrons. The van der Waals surface area contributed by atoms with Crippen LogP contribution >= 0.6 is 0 Å². The summed E-state index contributed by atoms with van der Waals surface area (Å²) in [6.07, 6.45) is 2.30. The predicted octanol–water partition coefficient (Wildman–Crippen LogP) is 2.50. The van der Waals surface area contributed by atoms with Crippen LogP contribution < -0.4 is 19.7 Å². The van der Waals surface area contributed by atoms with E-state index in [-0.39, 0.29) is 18.6 Å². The van der Waals surface area contributed by atoms with Crippen molar-refractivity contribution in [3.63, 3.8) is 0 Å². The fourth-order valence-electron chi connectivity index (χ4n) is 3.79. The van der Waals surface area contributed by atoms with Crippen molar-refractivity contribution < 1.29 is 19.1 Å². The van der Waals surface area contributed by atoms with Gasteiger partial charge in [-0.3, -0.25) is 9.59 Å². The van der Waals surface area contributed by atoms with Crippen molar-refractivity contribution in [1.82, 2.24) is 0 Å². The van der Waals surface area contributed by atoms with E-state index in [1.807, 2.05) is 17.0 Å². The third-order valence-corrected chi connectivity index (χ3v) is 4.90. The van der Waals surface area contributed by atoms with Crippen molar-refractivity contribution in [2.45, 2.75) is 19.3 Å². The lowest BCUT2D eigenvalue weighted by Crippen LogP contribution is -2.31. The molecule has 1 N–H and O–H groups in total. The highest BCUT2D eigenvalue weighted by atomic mass is 16.7. The molecule has 126 valence electrons. The maximum absolute atomic E-state index is 12.6. The van der Waals surface area contributed by atoms with Crippen LogP contribution in [0.3, 0.4) is 0 Å². The van der Waals surface area contributed by atoms with E-state index in [1.165, 1.54) is 0 Å². The SMILES string of the molecule is O=C(Nc1cc2c3c(c1)CC(=O)N3CCC2)c1ccc2c(c1)OCO2. The van der Waals surface area contributed by atoms with Gasteiger partial charge in [-0.15, -0.1) is 0 Å². The first-order valence-corrected chi connectivity index (χ1v) is 8.36. The molecule has 25 heavy (non-hydrogen) atoms. The van der Waals surface area contributed by atoms with Gasteiger partial charge in [-0.1, -0.05) is 0 Å². The Balaban J connectivity index is 1.44. The summed E-state index contributed by atoms with van der Waals surface area (Å²) >= 11 is 0. The number of rotatable bonds is 2. The van der Waals surface area contributed by atoms with Crippen molar-refractivity contribution >= 4 is 23.2 Å². The van der Waals surface area contributed by atoms with Crippen molar-refractivity contribution in [1.29, 1.82) is 0 Å². The predicted molar refractivity (Wildman–Crippen MR) is 91.3 cm³/mol. The summed E-state index contributed by atoms with van der Waals surface area (Å²) in [4.78, 5) is 26.6. The monoisotopic (exact) mass is 336 g/mol. The van der Waals surface area contributed by atoms with Crippen LogP contribution in [0.2, 0.25) is 0 Å². The van der Waals surface area contributed by atoms with Gasteiger partial charge in [0.25, 0.3) is 5.91 Å². The molecule has 0 bridgehead atoms. The summed E-state index contributed by atoms with van der Waals surface area (Å²) < 4.78 is 10.6. The Morgan fingerprint density at radius 3 is 2.84 bits per heavy atom. The summed E-state index contributed by atoms with van der Waals surface area (Å²) in [6.45, 7) is 0.973. The summed E-state index contributed by atoms with van der Waals surface area (Å²) in [5, 5.41) is 2.94. The fourth-order valence-corrected chi connectivity index (χ4v) is 3.79. The largest absolute Gasteiger partial charge is 0.454 e. The number of benzene rings is 2. The zero-order valence-electron chi connectivity index (χ0n) is 13.5. The van der Waals surface area contributed by atoms with Gasteiger partial charge >= 0.3 is 0 Å². The van der Waals surface area contributed by atoms with Gasteiger partial charge in [0.15, 0.2) is 11.5 Å². The fraction of sp³-hybridized carbons (Fsp3) is 0.263. The molecule has 3 aliphatic heterocycles. The lowest BCUT2D eigenvalue weighted by molar-refractivity contribution is -0.117. The molecular weight excluding hydrogens is 320 g/mol. The minimum atomic E-state index is -0.206. The van der Waals surface area contributed by atoms with Crippen molar-refractivity contribution in [2.75, 3.05) is 23.6 Å².